The van der Waals surface area contributed by atoms with E-state index in [-0.39, 0.29) is 0 Å². The maximum absolute atomic E-state index is 6.48. The fourth-order valence-corrected chi connectivity index (χ4v) is 6.42. The van der Waals surface area contributed by atoms with Gasteiger partial charge in [0.2, 0.25) is 0 Å². The molecule has 2 heteroatoms. The van der Waals surface area contributed by atoms with Gasteiger partial charge in [-0.2, -0.15) is 0 Å². The van der Waals surface area contributed by atoms with Crippen molar-refractivity contribution in [1.29, 1.82) is 0 Å². The Bertz CT molecular complexity index is 302. The summed E-state index contributed by atoms with van der Waals surface area (Å²) in [4.78, 5) is 0. The Morgan fingerprint density at radius 2 is 1.42 bits per heavy atom. The quantitative estimate of drug-likeness (QED) is 0.531. The first-order valence-electron chi connectivity index (χ1n) is 7.86. The van der Waals surface area contributed by atoms with Gasteiger partial charge in [-0.25, -0.2) is 4.52 Å². The van der Waals surface area contributed by atoms with E-state index in [1.165, 1.54) is 43.3 Å². The Morgan fingerprint density at radius 3 is 1.89 bits per heavy atom. The zero-order chi connectivity index (χ0) is 14.0. The summed E-state index contributed by atoms with van der Waals surface area (Å²) < 4.78 is 6.48. The molecule has 0 unspecified atom stereocenters. The van der Waals surface area contributed by atoms with Crippen LogP contribution in [0.5, 0.6) is 0 Å². The standard InChI is InChI=1S/C17H30OP/c1-4-7-15-19(16-8-5-2,18-14-6-3)17-12-10-9-11-13-17/h9-13H,4-8,14-16H2,1-3H3/q+1. The minimum absolute atomic E-state index is 0.913. The van der Waals surface area contributed by atoms with Gasteiger partial charge in [0.25, 0.3) is 0 Å². The summed E-state index contributed by atoms with van der Waals surface area (Å²) in [6, 6.07) is 11.0. The average molecular weight is 281 g/mol. The van der Waals surface area contributed by atoms with Crippen molar-refractivity contribution in [3.63, 3.8) is 0 Å². The van der Waals surface area contributed by atoms with E-state index in [1.807, 2.05) is 0 Å². The lowest BCUT2D eigenvalue weighted by molar-refractivity contribution is 0.342. The van der Waals surface area contributed by atoms with Crippen molar-refractivity contribution >= 4 is 12.8 Å². The summed E-state index contributed by atoms with van der Waals surface area (Å²) in [7, 11) is -1.40. The van der Waals surface area contributed by atoms with Gasteiger partial charge in [-0.3, -0.25) is 0 Å². The number of rotatable bonds is 10. The smallest absolute Gasteiger partial charge is 0.177 e. The fourth-order valence-electron chi connectivity index (χ4n) is 2.37. The van der Waals surface area contributed by atoms with Crippen LogP contribution in [0.2, 0.25) is 0 Å². The maximum Gasteiger partial charge on any atom is 0.177 e. The van der Waals surface area contributed by atoms with Gasteiger partial charge in [-0.15, -0.1) is 0 Å². The normalized spacial score (nSPS) is 11.7. The molecule has 1 nitrogen and oxygen atoms in total. The van der Waals surface area contributed by atoms with Crippen molar-refractivity contribution in [2.24, 2.45) is 0 Å². The molecule has 0 spiro atoms. The van der Waals surface area contributed by atoms with Gasteiger partial charge in [0.1, 0.15) is 5.30 Å². The molecule has 0 aliphatic heterocycles. The molecule has 0 saturated heterocycles. The molecule has 108 valence electrons. The number of hydrogen-bond donors (Lipinski definition) is 0. The molecule has 1 aromatic rings. The molecule has 0 saturated carbocycles. The van der Waals surface area contributed by atoms with Crippen LogP contribution in [0.15, 0.2) is 30.3 Å². The molecule has 0 aromatic heterocycles. The highest BCUT2D eigenvalue weighted by molar-refractivity contribution is 7.78. The Hall–Kier alpha value is -0.390. The van der Waals surface area contributed by atoms with Gasteiger partial charge in [-0.05, 0) is 31.4 Å². The molecule has 0 fully saturated rings. The van der Waals surface area contributed by atoms with Gasteiger partial charge < -0.3 is 0 Å². The molecule has 0 aliphatic rings. The van der Waals surface area contributed by atoms with Crippen LogP contribution in [-0.2, 0) is 4.52 Å². The SMILES string of the molecule is CCCC[P+](CCCC)(OCCC)c1ccccc1. The minimum Gasteiger partial charge on any atom is -0.233 e. The third-order valence-electron chi connectivity index (χ3n) is 3.52. The second kappa shape index (κ2) is 9.50. The van der Waals surface area contributed by atoms with E-state index in [4.69, 9.17) is 4.52 Å². The monoisotopic (exact) mass is 281 g/mol. The third kappa shape index (κ3) is 5.24. The summed E-state index contributed by atoms with van der Waals surface area (Å²) >= 11 is 0. The molecule has 0 bridgehead atoms. The zero-order valence-electron chi connectivity index (χ0n) is 12.9. The van der Waals surface area contributed by atoms with E-state index in [9.17, 15) is 0 Å². The largest absolute Gasteiger partial charge is 0.233 e. The maximum atomic E-state index is 6.48. The topological polar surface area (TPSA) is 9.23 Å². The summed E-state index contributed by atoms with van der Waals surface area (Å²) in [5, 5.41) is 1.48. The van der Waals surface area contributed by atoms with E-state index >= 15 is 0 Å². The minimum atomic E-state index is -1.40. The zero-order valence-corrected chi connectivity index (χ0v) is 13.8. The molecule has 0 atom stereocenters. The molecule has 1 aromatic carbocycles. The highest BCUT2D eigenvalue weighted by atomic mass is 31.2. The molecule has 0 aliphatic carbocycles. The van der Waals surface area contributed by atoms with E-state index in [0.29, 0.717) is 0 Å². The van der Waals surface area contributed by atoms with Crippen LogP contribution in [0.1, 0.15) is 52.9 Å². The van der Waals surface area contributed by atoms with E-state index < -0.39 is 7.49 Å². The fraction of sp³-hybridized carbons (Fsp3) is 0.647. The van der Waals surface area contributed by atoms with Crippen LogP contribution in [0, 0.1) is 0 Å². The summed E-state index contributed by atoms with van der Waals surface area (Å²) in [5.74, 6) is 0. The van der Waals surface area contributed by atoms with E-state index in [1.54, 1.807) is 0 Å². The molecule has 1 rings (SSSR count). The van der Waals surface area contributed by atoms with Gasteiger partial charge in [0.05, 0.1) is 18.9 Å². The van der Waals surface area contributed by atoms with Crippen LogP contribution in [-0.4, -0.2) is 18.9 Å². The number of unbranched alkanes of at least 4 members (excludes halogenated alkanes) is 2. The average Bonchev–Trinajstić information content (AvgIpc) is 2.48. The molecule has 0 radical (unpaired) electrons. The lowest BCUT2D eigenvalue weighted by Crippen LogP contribution is -2.20. The second-order valence-electron chi connectivity index (χ2n) is 5.21. The Morgan fingerprint density at radius 1 is 0.842 bits per heavy atom. The first-order valence-corrected chi connectivity index (χ1v) is 9.94. The summed E-state index contributed by atoms with van der Waals surface area (Å²) in [5.41, 5.74) is 0. The second-order valence-corrected chi connectivity index (χ2v) is 8.66. The highest BCUT2D eigenvalue weighted by Gasteiger charge is 2.40. The summed E-state index contributed by atoms with van der Waals surface area (Å²) in [6.45, 7) is 7.67. The molecule has 19 heavy (non-hydrogen) atoms. The first-order chi connectivity index (χ1) is 9.29. The van der Waals surface area contributed by atoms with Crippen molar-refractivity contribution in [2.75, 3.05) is 18.9 Å². The van der Waals surface area contributed by atoms with E-state index in [0.717, 1.165) is 13.0 Å². The lowest BCUT2D eigenvalue weighted by Gasteiger charge is -2.26. The van der Waals surface area contributed by atoms with Gasteiger partial charge in [0, 0.05) is 0 Å². The predicted octanol–water partition coefficient (Wildman–Crippen LogP) is 5.27. The van der Waals surface area contributed by atoms with Crippen molar-refractivity contribution < 1.29 is 4.52 Å². The molecular weight excluding hydrogens is 251 g/mol. The molecule has 0 amide bonds. The predicted molar refractivity (Wildman–Crippen MR) is 88.8 cm³/mol. The van der Waals surface area contributed by atoms with Crippen molar-refractivity contribution in [2.45, 2.75) is 52.9 Å². The van der Waals surface area contributed by atoms with E-state index in [2.05, 4.69) is 51.1 Å². The highest BCUT2D eigenvalue weighted by Crippen LogP contribution is 2.60. The van der Waals surface area contributed by atoms with Crippen LogP contribution in [0.25, 0.3) is 0 Å². The first kappa shape index (κ1) is 16.7. The van der Waals surface area contributed by atoms with Crippen molar-refractivity contribution in [1.82, 2.24) is 0 Å². The third-order valence-corrected chi connectivity index (χ3v) is 7.51. The number of benzene rings is 1. The molecule has 0 N–H and O–H groups in total. The lowest BCUT2D eigenvalue weighted by atomic mass is 10.4. The molecule has 0 heterocycles. The van der Waals surface area contributed by atoms with Gasteiger partial charge in [0.15, 0.2) is 7.49 Å². The van der Waals surface area contributed by atoms with Gasteiger partial charge >= 0.3 is 0 Å². The molecular formula is C17H30OP+. The van der Waals surface area contributed by atoms with Gasteiger partial charge in [-0.1, -0.05) is 51.8 Å². The van der Waals surface area contributed by atoms with Crippen LogP contribution in [0.4, 0.5) is 0 Å². The van der Waals surface area contributed by atoms with Crippen molar-refractivity contribution in [3.05, 3.63) is 30.3 Å². The number of hydrogen-bond acceptors (Lipinski definition) is 1. The van der Waals surface area contributed by atoms with Crippen LogP contribution >= 0.6 is 7.49 Å². The van der Waals surface area contributed by atoms with Crippen LogP contribution in [0.3, 0.4) is 0 Å². The summed E-state index contributed by atoms with van der Waals surface area (Å²) in [6.07, 6.45) is 8.73. The Balaban J connectivity index is 2.94. The Labute approximate surface area is 120 Å². The van der Waals surface area contributed by atoms with Crippen LogP contribution < -0.4 is 5.30 Å². The Kier molecular flexibility index (Phi) is 8.34. The van der Waals surface area contributed by atoms with Crippen molar-refractivity contribution in [3.8, 4) is 0 Å².